The van der Waals surface area contributed by atoms with Crippen LogP contribution < -0.4 is 10.2 Å². The maximum atomic E-state index is 12.8. The van der Waals surface area contributed by atoms with Crippen molar-refractivity contribution in [2.45, 2.75) is 6.42 Å². The summed E-state index contributed by atoms with van der Waals surface area (Å²) in [6, 6.07) is 17.6. The van der Waals surface area contributed by atoms with E-state index >= 15 is 0 Å². The summed E-state index contributed by atoms with van der Waals surface area (Å²) in [5.74, 6) is -0.539. The second kappa shape index (κ2) is 7.62. The molecular formula is C21H15Cl2N3O2. The second-order valence-corrected chi connectivity index (χ2v) is 7.13. The lowest BCUT2D eigenvalue weighted by Crippen LogP contribution is -2.28. The number of rotatable bonds is 3. The Hall–Kier alpha value is -2.89. The van der Waals surface area contributed by atoms with Crippen LogP contribution in [0.5, 0.6) is 0 Å². The van der Waals surface area contributed by atoms with Crippen molar-refractivity contribution in [3.05, 3.63) is 87.7 Å². The normalized spacial score (nSPS) is 12.6. The number of carbonyl (C=O) groups is 2. The zero-order chi connectivity index (χ0) is 19.7. The maximum absolute atomic E-state index is 12.8. The van der Waals surface area contributed by atoms with Crippen LogP contribution in [0.4, 0.5) is 11.4 Å². The molecule has 0 unspecified atom stereocenters. The Kier molecular flexibility index (Phi) is 5.03. The fourth-order valence-electron chi connectivity index (χ4n) is 3.17. The van der Waals surface area contributed by atoms with Gasteiger partial charge < -0.3 is 10.2 Å². The van der Waals surface area contributed by atoms with Crippen molar-refractivity contribution in [1.82, 2.24) is 4.98 Å². The van der Waals surface area contributed by atoms with E-state index in [0.29, 0.717) is 17.8 Å². The second-order valence-electron chi connectivity index (χ2n) is 6.33. The average molecular weight is 412 g/mol. The first-order chi connectivity index (χ1) is 13.5. The largest absolute Gasteiger partial charge is 0.321 e. The van der Waals surface area contributed by atoms with Gasteiger partial charge in [0.15, 0.2) is 0 Å². The van der Waals surface area contributed by atoms with E-state index in [1.807, 2.05) is 24.3 Å². The van der Waals surface area contributed by atoms with E-state index in [4.69, 9.17) is 23.2 Å². The third-order valence-corrected chi connectivity index (χ3v) is 5.06. The molecule has 0 fully saturated rings. The fraction of sp³-hybridized carbons (Fsp3) is 0.0952. The highest BCUT2D eigenvalue weighted by molar-refractivity contribution is 6.35. The lowest BCUT2D eigenvalue weighted by molar-refractivity contribution is 0.0988. The molecule has 2 amide bonds. The molecular weight excluding hydrogens is 397 g/mol. The van der Waals surface area contributed by atoms with Crippen LogP contribution in [0.1, 0.15) is 26.4 Å². The van der Waals surface area contributed by atoms with Crippen LogP contribution in [0.3, 0.4) is 0 Å². The van der Waals surface area contributed by atoms with Crippen LogP contribution in [0.25, 0.3) is 0 Å². The van der Waals surface area contributed by atoms with Gasteiger partial charge in [0.25, 0.3) is 11.8 Å². The molecule has 5 nitrogen and oxygen atoms in total. The number of nitrogens with zero attached hydrogens (tertiary/aromatic N) is 2. The summed E-state index contributed by atoms with van der Waals surface area (Å²) in [5, 5.41) is 3.10. The molecule has 7 heteroatoms. The Morgan fingerprint density at radius 3 is 2.50 bits per heavy atom. The number of nitrogens with one attached hydrogen (secondary N) is 1. The molecule has 2 heterocycles. The number of hydrogen-bond acceptors (Lipinski definition) is 3. The Labute approximate surface area is 171 Å². The van der Waals surface area contributed by atoms with Gasteiger partial charge in [-0.2, -0.15) is 0 Å². The number of pyridine rings is 1. The SMILES string of the molecule is O=C(Nc1ccc(C(=O)N2CCc3ccccc32)cc1)c1nc(Cl)ccc1Cl. The number of amides is 2. The summed E-state index contributed by atoms with van der Waals surface area (Å²) >= 11 is 11.8. The van der Waals surface area contributed by atoms with Gasteiger partial charge in [0.2, 0.25) is 0 Å². The van der Waals surface area contributed by atoms with E-state index in [0.717, 1.165) is 12.1 Å². The quantitative estimate of drug-likeness (QED) is 0.626. The highest BCUT2D eigenvalue weighted by Gasteiger charge is 2.25. The van der Waals surface area contributed by atoms with Gasteiger partial charge in [-0.3, -0.25) is 9.59 Å². The van der Waals surface area contributed by atoms with Crippen molar-refractivity contribution in [3.8, 4) is 0 Å². The van der Waals surface area contributed by atoms with E-state index < -0.39 is 5.91 Å². The van der Waals surface area contributed by atoms with Gasteiger partial charge in [-0.25, -0.2) is 4.98 Å². The monoisotopic (exact) mass is 411 g/mol. The number of para-hydroxylation sites is 1. The molecule has 0 aliphatic carbocycles. The molecule has 1 N–H and O–H groups in total. The predicted molar refractivity (Wildman–Crippen MR) is 110 cm³/mol. The summed E-state index contributed by atoms with van der Waals surface area (Å²) in [6.07, 6.45) is 0.851. The number of aromatic nitrogens is 1. The van der Waals surface area contributed by atoms with Crippen LogP contribution in [0.2, 0.25) is 10.2 Å². The Balaban J connectivity index is 1.49. The minimum atomic E-state index is -0.472. The molecule has 0 bridgehead atoms. The van der Waals surface area contributed by atoms with E-state index in [1.165, 1.54) is 17.7 Å². The van der Waals surface area contributed by atoms with Gasteiger partial charge in [-0.05, 0) is 54.4 Å². The maximum Gasteiger partial charge on any atom is 0.275 e. The van der Waals surface area contributed by atoms with Crippen LogP contribution in [0.15, 0.2) is 60.7 Å². The highest BCUT2D eigenvalue weighted by Crippen LogP contribution is 2.29. The molecule has 3 aromatic rings. The van der Waals surface area contributed by atoms with Crippen molar-refractivity contribution in [2.24, 2.45) is 0 Å². The zero-order valence-corrected chi connectivity index (χ0v) is 16.2. The van der Waals surface area contributed by atoms with Crippen molar-refractivity contribution in [1.29, 1.82) is 0 Å². The molecule has 1 aromatic heterocycles. The van der Waals surface area contributed by atoms with Crippen LogP contribution >= 0.6 is 23.2 Å². The van der Waals surface area contributed by atoms with Gasteiger partial charge >= 0.3 is 0 Å². The standard InChI is InChI=1S/C21H15Cl2N3O2/c22-16-9-10-18(23)25-19(16)20(27)24-15-7-5-14(6-8-15)21(28)26-12-11-13-3-1-2-4-17(13)26/h1-10H,11-12H2,(H,24,27). The first kappa shape index (κ1) is 18.5. The van der Waals surface area contributed by atoms with Crippen LogP contribution in [-0.4, -0.2) is 23.3 Å². The molecule has 0 atom stereocenters. The number of anilines is 2. The molecule has 0 saturated carbocycles. The topological polar surface area (TPSA) is 62.3 Å². The molecule has 1 aliphatic rings. The summed E-state index contributed by atoms with van der Waals surface area (Å²) in [5.41, 5.74) is 3.25. The lowest BCUT2D eigenvalue weighted by atomic mass is 10.1. The van der Waals surface area contributed by atoms with Crippen molar-refractivity contribution in [2.75, 3.05) is 16.8 Å². The van der Waals surface area contributed by atoms with Crippen LogP contribution in [-0.2, 0) is 6.42 Å². The molecule has 0 saturated heterocycles. The van der Waals surface area contributed by atoms with Gasteiger partial charge in [0.1, 0.15) is 10.8 Å². The van der Waals surface area contributed by atoms with E-state index in [1.54, 1.807) is 29.2 Å². The Bertz CT molecular complexity index is 1070. The number of hydrogen-bond donors (Lipinski definition) is 1. The molecule has 4 rings (SSSR count). The first-order valence-corrected chi connectivity index (χ1v) is 9.42. The fourth-order valence-corrected chi connectivity index (χ4v) is 3.51. The third kappa shape index (κ3) is 3.59. The zero-order valence-electron chi connectivity index (χ0n) is 14.7. The molecule has 2 aromatic carbocycles. The third-order valence-electron chi connectivity index (χ3n) is 4.55. The first-order valence-electron chi connectivity index (χ1n) is 8.66. The van der Waals surface area contributed by atoms with Gasteiger partial charge in [-0.1, -0.05) is 41.4 Å². The minimum absolute atomic E-state index is 0.0444. The number of carbonyl (C=O) groups excluding carboxylic acids is 2. The highest BCUT2D eigenvalue weighted by atomic mass is 35.5. The van der Waals surface area contributed by atoms with Gasteiger partial charge in [0, 0.05) is 23.5 Å². The molecule has 0 radical (unpaired) electrons. The van der Waals surface area contributed by atoms with Crippen molar-refractivity contribution >= 4 is 46.4 Å². The summed E-state index contributed by atoms with van der Waals surface area (Å²) in [6.45, 7) is 0.662. The van der Waals surface area contributed by atoms with E-state index in [-0.39, 0.29) is 21.8 Å². The molecule has 28 heavy (non-hydrogen) atoms. The summed E-state index contributed by atoms with van der Waals surface area (Å²) in [7, 11) is 0. The van der Waals surface area contributed by atoms with E-state index in [2.05, 4.69) is 10.3 Å². The van der Waals surface area contributed by atoms with Crippen LogP contribution in [0, 0.1) is 0 Å². The number of fused-ring (bicyclic) bond motifs is 1. The predicted octanol–water partition coefficient (Wildman–Crippen LogP) is 4.84. The molecule has 1 aliphatic heterocycles. The van der Waals surface area contributed by atoms with Crippen molar-refractivity contribution in [3.63, 3.8) is 0 Å². The smallest absolute Gasteiger partial charge is 0.275 e. The Morgan fingerprint density at radius 1 is 0.964 bits per heavy atom. The lowest BCUT2D eigenvalue weighted by Gasteiger charge is -2.17. The molecule has 140 valence electrons. The van der Waals surface area contributed by atoms with Gasteiger partial charge in [0.05, 0.1) is 5.02 Å². The molecule has 0 spiro atoms. The minimum Gasteiger partial charge on any atom is -0.321 e. The summed E-state index contributed by atoms with van der Waals surface area (Å²) in [4.78, 5) is 30.9. The number of benzene rings is 2. The average Bonchev–Trinajstić information content (AvgIpc) is 3.14. The Morgan fingerprint density at radius 2 is 1.71 bits per heavy atom. The number of halogens is 2. The summed E-state index contributed by atoms with van der Waals surface area (Å²) < 4.78 is 0. The van der Waals surface area contributed by atoms with Crippen molar-refractivity contribution < 1.29 is 9.59 Å². The van der Waals surface area contributed by atoms with Gasteiger partial charge in [-0.15, -0.1) is 0 Å². The van der Waals surface area contributed by atoms with E-state index in [9.17, 15) is 9.59 Å².